The Kier molecular flexibility index (Phi) is 3.01. The summed E-state index contributed by atoms with van der Waals surface area (Å²) in [5.74, 6) is 0.485. The van der Waals surface area contributed by atoms with Gasteiger partial charge in [0.1, 0.15) is 0 Å². The molecule has 2 N–H and O–H groups in total. The third-order valence-corrected chi connectivity index (χ3v) is 4.96. The number of amides is 1. The van der Waals surface area contributed by atoms with Gasteiger partial charge in [-0.25, -0.2) is 14.8 Å². The summed E-state index contributed by atoms with van der Waals surface area (Å²) in [6.07, 6.45) is 4.78. The van der Waals surface area contributed by atoms with E-state index in [2.05, 4.69) is 25.5 Å². The fraction of sp³-hybridized carbons (Fsp3) is 0.294. The predicted octanol–water partition coefficient (Wildman–Crippen LogP) is 1.02. The zero-order valence-corrected chi connectivity index (χ0v) is 13.3. The Morgan fingerprint density at radius 2 is 2.16 bits per heavy atom. The molecule has 126 valence electrons. The molecule has 4 heterocycles. The van der Waals surface area contributed by atoms with Crippen LogP contribution in [-0.4, -0.2) is 56.8 Å². The third kappa shape index (κ3) is 1.97. The predicted molar refractivity (Wildman–Crippen MR) is 88.8 cm³/mol. The first kappa shape index (κ1) is 14.4. The van der Waals surface area contributed by atoms with Crippen LogP contribution in [0.3, 0.4) is 0 Å². The van der Waals surface area contributed by atoms with E-state index in [4.69, 9.17) is 4.74 Å². The summed E-state index contributed by atoms with van der Waals surface area (Å²) in [6, 6.07) is 7.43. The quantitative estimate of drug-likeness (QED) is 0.725. The molecule has 2 unspecified atom stereocenters. The van der Waals surface area contributed by atoms with Gasteiger partial charge in [-0.2, -0.15) is 5.10 Å². The van der Waals surface area contributed by atoms with Crippen molar-refractivity contribution in [3.8, 4) is 0 Å². The van der Waals surface area contributed by atoms with Gasteiger partial charge >= 0.3 is 6.09 Å². The van der Waals surface area contributed by atoms with Gasteiger partial charge in [0.2, 0.25) is 5.60 Å². The topological polar surface area (TPSA) is 96.0 Å². The van der Waals surface area contributed by atoms with E-state index in [1.807, 2.05) is 18.2 Å². The number of carbonyl (C=O) groups excluding carboxylic acids is 1. The molecule has 8 heteroatoms. The number of H-pyrrole nitrogens is 1. The van der Waals surface area contributed by atoms with E-state index in [1.54, 1.807) is 29.6 Å². The second-order valence-corrected chi connectivity index (χ2v) is 6.26. The lowest BCUT2D eigenvalue weighted by Gasteiger charge is -2.36. The van der Waals surface area contributed by atoms with Crippen molar-refractivity contribution in [2.75, 3.05) is 19.6 Å². The van der Waals surface area contributed by atoms with E-state index in [-0.39, 0.29) is 12.1 Å². The first-order valence-electron chi connectivity index (χ1n) is 8.20. The van der Waals surface area contributed by atoms with E-state index >= 15 is 0 Å². The van der Waals surface area contributed by atoms with Crippen LogP contribution in [0.4, 0.5) is 4.79 Å². The van der Waals surface area contributed by atoms with Crippen molar-refractivity contribution >= 4 is 17.0 Å². The number of fused-ring (bicyclic) bond motifs is 2. The lowest BCUT2D eigenvalue weighted by Crippen LogP contribution is -2.56. The van der Waals surface area contributed by atoms with Gasteiger partial charge in [-0.05, 0) is 12.1 Å². The van der Waals surface area contributed by atoms with Crippen molar-refractivity contribution in [1.29, 1.82) is 0 Å². The smallest absolute Gasteiger partial charge is 0.411 e. The number of nitrogens with one attached hydrogen (secondary N) is 2. The average molecular weight is 336 g/mol. The van der Waals surface area contributed by atoms with Crippen LogP contribution in [0.1, 0.15) is 11.4 Å². The van der Waals surface area contributed by atoms with Crippen LogP contribution in [-0.2, 0) is 10.3 Å². The number of aromatic amines is 1. The minimum Gasteiger partial charge on any atom is -0.427 e. The third-order valence-electron chi connectivity index (χ3n) is 4.96. The minimum atomic E-state index is -1.05. The number of carbonyl (C=O) groups is 1. The first-order valence-corrected chi connectivity index (χ1v) is 8.20. The van der Waals surface area contributed by atoms with Crippen molar-refractivity contribution in [3.63, 3.8) is 0 Å². The Hall–Kier alpha value is -3.00. The maximum absolute atomic E-state index is 12.6. The van der Waals surface area contributed by atoms with Gasteiger partial charge in [0.05, 0.1) is 17.8 Å². The van der Waals surface area contributed by atoms with Gasteiger partial charge in [-0.1, -0.05) is 12.1 Å². The van der Waals surface area contributed by atoms with Crippen molar-refractivity contribution < 1.29 is 9.53 Å². The number of benzene rings is 1. The van der Waals surface area contributed by atoms with E-state index in [0.29, 0.717) is 18.9 Å². The van der Waals surface area contributed by atoms with Crippen molar-refractivity contribution in [1.82, 2.24) is 30.4 Å². The molecule has 2 saturated heterocycles. The lowest BCUT2D eigenvalue weighted by atomic mass is 9.84. The summed E-state index contributed by atoms with van der Waals surface area (Å²) in [5.41, 5.74) is 0.663. The molecule has 0 saturated carbocycles. The summed E-state index contributed by atoms with van der Waals surface area (Å²) in [4.78, 5) is 23.2. The van der Waals surface area contributed by atoms with Gasteiger partial charge in [0.15, 0.2) is 5.82 Å². The highest BCUT2D eigenvalue weighted by molar-refractivity contribution is 5.80. The summed E-state index contributed by atoms with van der Waals surface area (Å²) in [6.45, 7) is 1.96. The Bertz CT molecular complexity index is 942. The molecule has 1 aromatic carbocycles. The van der Waals surface area contributed by atoms with Crippen LogP contribution in [0.5, 0.6) is 0 Å². The van der Waals surface area contributed by atoms with E-state index in [9.17, 15) is 4.79 Å². The molecule has 0 bridgehead atoms. The molecule has 2 atom stereocenters. The summed E-state index contributed by atoms with van der Waals surface area (Å²) >= 11 is 0. The van der Waals surface area contributed by atoms with E-state index in [0.717, 1.165) is 23.0 Å². The molecule has 3 aromatic rings. The molecular formula is C17H16N6O2. The molecule has 1 amide bonds. The highest BCUT2D eigenvalue weighted by Crippen LogP contribution is 2.43. The number of ether oxygens (including phenoxy) is 1. The van der Waals surface area contributed by atoms with Crippen molar-refractivity contribution in [2.45, 2.75) is 11.6 Å². The normalized spacial score (nSPS) is 25.8. The molecule has 8 nitrogen and oxygen atoms in total. The average Bonchev–Trinajstić information content (AvgIpc) is 3.25. The first-order chi connectivity index (χ1) is 12.3. The number of piperazine rings is 1. The summed E-state index contributed by atoms with van der Waals surface area (Å²) < 4.78 is 5.98. The maximum atomic E-state index is 12.6. The van der Waals surface area contributed by atoms with Crippen LogP contribution in [0, 0.1) is 0 Å². The van der Waals surface area contributed by atoms with Crippen molar-refractivity contribution in [2.24, 2.45) is 0 Å². The van der Waals surface area contributed by atoms with Crippen LogP contribution in [0.15, 0.2) is 42.9 Å². The van der Waals surface area contributed by atoms with Gasteiger partial charge < -0.3 is 10.1 Å². The number of hydrogen-bond acceptors (Lipinski definition) is 6. The van der Waals surface area contributed by atoms with Gasteiger partial charge in [-0.3, -0.25) is 10.00 Å². The largest absolute Gasteiger partial charge is 0.427 e. The Morgan fingerprint density at radius 3 is 3.04 bits per heavy atom. The highest BCUT2D eigenvalue weighted by atomic mass is 16.6. The van der Waals surface area contributed by atoms with E-state index in [1.165, 1.54) is 0 Å². The fourth-order valence-electron chi connectivity index (χ4n) is 3.78. The molecule has 0 radical (unpaired) electrons. The van der Waals surface area contributed by atoms with Crippen LogP contribution in [0.25, 0.3) is 10.9 Å². The minimum absolute atomic E-state index is 0.212. The number of hydrogen-bond donors (Lipinski definition) is 2. The number of nitrogens with zero attached hydrogens (tertiary/aromatic N) is 4. The monoisotopic (exact) mass is 336 g/mol. The molecule has 0 aliphatic carbocycles. The standard InChI is InChI=1S/C17H16N6O2/c24-16-23-7-6-18-10-14(23)17(25-16,15-19-4-1-5-20-15)12-3-2-11-9-21-22-13(11)8-12/h1-5,8-9,14,18H,6-7,10H2,(H,21,22). The SMILES string of the molecule is O=C1OC(c2ccc3cn[nH]c3c2)(c2ncccn2)C2CNCCN12. The lowest BCUT2D eigenvalue weighted by molar-refractivity contribution is 0.0579. The number of rotatable bonds is 2. The molecular weight excluding hydrogens is 320 g/mol. The molecule has 25 heavy (non-hydrogen) atoms. The van der Waals surface area contributed by atoms with Gasteiger partial charge in [0.25, 0.3) is 0 Å². The summed E-state index contributed by atoms with van der Waals surface area (Å²) in [7, 11) is 0. The number of cyclic esters (lactones) is 1. The Labute approximate surface area is 143 Å². The Balaban J connectivity index is 1.75. The van der Waals surface area contributed by atoms with Crippen molar-refractivity contribution in [3.05, 3.63) is 54.2 Å². The van der Waals surface area contributed by atoms with E-state index < -0.39 is 5.60 Å². The zero-order chi connectivity index (χ0) is 16.9. The van der Waals surface area contributed by atoms with Crippen LogP contribution in [0.2, 0.25) is 0 Å². The highest BCUT2D eigenvalue weighted by Gasteiger charge is 2.58. The molecule has 0 spiro atoms. The molecule has 2 aliphatic heterocycles. The van der Waals surface area contributed by atoms with Crippen LogP contribution >= 0.6 is 0 Å². The molecule has 2 fully saturated rings. The maximum Gasteiger partial charge on any atom is 0.411 e. The second kappa shape index (κ2) is 5.25. The van der Waals surface area contributed by atoms with Gasteiger partial charge in [0, 0.05) is 43.0 Å². The fourth-order valence-corrected chi connectivity index (χ4v) is 3.78. The van der Waals surface area contributed by atoms with Crippen LogP contribution < -0.4 is 5.32 Å². The Morgan fingerprint density at radius 1 is 1.28 bits per heavy atom. The molecule has 2 aromatic heterocycles. The van der Waals surface area contributed by atoms with Gasteiger partial charge in [-0.15, -0.1) is 0 Å². The molecule has 2 aliphatic rings. The second-order valence-electron chi connectivity index (χ2n) is 6.26. The number of aromatic nitrogens is 4. The summed E-state index contributed by atoms with van der Waals surface area (Å²) in [5, 5.41) is 11.4. The zero-order valence-electron chi connectivity index (χ0n) is 13.3. The molecule has 5 rings (SSSR count).